The number of piperidine rings is 1. The van der Waals surface area contributed by atoms with Crippen LogP contribution in [0.2, 0.25) is 0 Å². The molecule has 0 spiro atoms. The molecule has 2 fully saturated rings. The highest BCUT2D eigenvalue weighted by Gasteiger charge is 2.21. The largest absolute Gasteiger partial charge is 0.372 e. The van der Waals surface area contributed by atoms with Crippen LogP contribution in [-0.2, 0) is 4.79 Å². The summed E-state index contributed by atoms with van der Waals surface area (Å²) in [5.41, 5.74) is 2.18. The van der Waals surface area contributed by atoms with E-state index in [0.29, 0.717) is 6.54 Å². The Hall–Kier alpha value is -1.55. The van der Waals surface area contributed by atoms with Gasteiger partial charge in [0.1, 0.15) is 0 Å². The van der Waals surface area contributed by atoms with Gasteiger partial charge in [-0.15, -0.1) is 0 Å². The quantitative estimate of drug-likeness (QED) is 0.885. The Morgan fingerprint density at radius 3 is 2.45 bits per heavy atom. The number of hydrogen-bond donors (Lipinski definition) is 2. The molecule has 0 saturated carbocycles. The molecule has 22 heavy (non-hydrogen) atoms. The molecule has 0 aromatic heterocycles. The number of quaternary nitrogens is 1. The van der Waals surface area contributed by atoms with Gasteiger partial charge in [0.25, 0.3) is 5.91 Å². The Bertz CT molecular complexity index is 486. The van der Waals surface area contributed by atoms with Gasteiger partial charge in [-0.1, -0.05) is 6.92 Å². The fourth-order valence-corrected chi connectivity index (χ4v) is 3.51. The van der Waals surface area contributed by atoms with Crippen LogP contribution in [0.1, 0.15) is 32.6 Å². The lowest BCUT2D eigenvalue weighted by molar-refractivity contribution is -0.897. The molecule has 0 radical (unpaired) electrons. The van der Waals surface area contributed by atoms with Crippen molar-refractivity contribution in [3.63, 3.8) is 0 Å². The number of hydrogen-bond acceptors (Lipinski definition) is 2. The van der Waals surface area contributed by atoms with Crippen molar-refractivity contribution in [2.24, 2.45) is 5.92 Å². The van der Waals surface area contributed by atoms with Crippen LogP contribution in [0.4, 0.5) is 11.4 Å². The van der Waals surface area contributed by atoms with Gasteiger partial charge in [0.2, 0.25) is 0 Å². The Labute approximate surface area is 133 Å². The van der Waals surface area contributed by atoms with Crippen LogP contribution in [0.3, 0.4) is 0 Å². The van der Waals surface area contributed by atoms with E-state index in [0.717, 1.165) is 37.8 Å². The minimum Gasteiger partial charge on any atom is -0.372 e. The predicted octanol–water partition coefficient (Wildman–Crippen LogP) is 1.54. The topological polar surface area (TPSA) is 36.8 Å². The Morgan fingerprint density at radius 1 is 1.18 bits per heavy atom. The van der Waals surface area contributed by atoms with Crippen molar-refractivity contribution in [1.82, 2.24) is 0 Å². The second-order valence-electron chi connectivity index (χ2n) is 6.90. The SMILES string of the molecule is CC1CC[NH+](CC(=O)Nc2ccc(N3CCCC3)cc2)CC1. The first-order chi connectivity index (χ1) is 10.7. The summed E-state index contributed by atoms with van der Waals surface area (Å²) in [5, 5.41) is 3.04. The van der Waals surface area contributed by atoms with Gasteiger partial charge >= 0.3 is 0 Å². The van der Waals surface area contributed by atoms with Crippen LogP contribution in [0.25, 0.3) is 0 Å². The predicted molar refractivity (Wildman–Crippen MR) is 90.5 cm³/mol. The normalized spacial score (nSPS) is 25.2. The summed E-state index contributed by atoms with van der Waals surface area (Å²) < 4.78 is 0. The highest BCUT2D eigenvalue weighted by atomic mass is 16.2. The number of likely N-dealkylation sites (tertiary alicyclic amines) is 1. The van der Waals surface area contributed by atoms with Crippen molar-refractivity contribution in [2.75, 3.05) is 42.9 Å². The van der Waals surface area contributed by atoms with E-state index in [9.17, 15) is 4.79 Å². The van der Waals surface area contributed by atoms with Crippen molar-refractivity contribution in [2.45, 2.75) is 32.6 Å². The van der Waals surface area contributed by atoms with Crippen LogP contribution >= 0.6 is 0 Å². The third kappa shape index (κ3) is 4.01. The number of nitrogens with one attached hydrogen (secondary N) is 2. The minimum atomic E-state index is 0.137. The van der Waals surface area contributed by atoms with E-state index >= 15 is 0 Å². The first-order valence-electron chi connectivity index (χ1n) is 8.69. The number of rotatable bonds is 4. The molecule has 4 heteroatoms. The molecule has 2 N–H and O–H groups in total. The summed E-state index contributed by atoms with van der Waals surface area (Å²) in [7, 11) is 0. The van der Waals surface area contributed by atoms with Gasteiger partial charge in [-0.2, -0.15) is 0 Å². The van der Waals surface area contributed by atoms with Crippen LogP contribution in [0.5, 0.6) is 0 Å². The highest BCUT2D eigenvalue weighted by Crippen LogP contribution is 2.21. The lowest BCUT2D eigenvalue weighted by atomic mass is 9.99. The molecule has 2 aliphatic rings. The van der Waals surface area contributed by atoms with Crippen LogP contribution in [0.15, 0.2) is 24.3 Å². The Morgan fingerprint density at radius 2 is 1.82 bits per heavy atom. The Kier molecular flexibility index (Phi) is 4.98. The molecular weight excluding hydrogens is 274 g/mol. The lowest BCUT2D eigenvalue weighted by Gasteiger charge is -2.26. The number of benzene rings is 1. The summed E-state index contributed by atoms with van der Waals surface area (Å²) in [4.78, 5) is 16.0. The van der Waals surface area contributed by atoms with Gasteiger partial charge in [-0.25, -0.2) is 0 Å². The number of carbonyl (C=O) groups is 1. The maximum Gasteiger partial charge on any atom is 0.279 e. The summed E-state index contributed by atoms with van der Waals surface area (Å²) in [6.07, 6.45) is 5.06. The standard InChI is InChI=1S/C18H27N3O/c1-15-8-12-20(13-9-15)14-18(22)19-16-4-6-17(7-5-16)21-10-2-3-11-21/h4-7,15H,2-3,8-14H2,1H3,(H,19,22)/p+1. The fraction of sp³-hybridized carbons (Fsp3) is 0.611. The van der Waals surface area contributed by atoms with Gasteiger partial charge in [0.05, 0.1) is 13.1 Å². The van der Waals surface area contributed by atoms with Gasteiger partial charge in [0, 0.05) is 24.5 Å². The van der Waals surface area contributed by atoms with E-state index in [1.165, 1.54) is 36.3 Å². The second-order valence-corrected chi connectivity index (χ2v) is 6.90. The molecule has 0 atom stereocenters. The van der Waals surface area contributed by atoms with Crippen molar-refractivity contribution in [3.05, 3.63) is 24.3 Å². The van der Waals surface area contributed by atoms with Crippen molar-refractivity contribution in [1.29, 1.82) is 0 Å². The number of amides is 1. The number of carbonyl (C=O) groups excluding carboxylic acids is 1. The molecule has 0 aliphatic carbocycles. The molecule has 0 unspecified atom stereocenters. The molecule has 2 saturated heterocycles. The highest BCUT2D eigenvalue weighted by molar-refractivity contribution is 5.91. The summed E-state index contributed by atoms with van der Waals surface area (Å²) >= 11 is 0. The lowest BCUT2D eigenvalue weighted by Crippen LogP contribution is -3.14. The number of anilines is 2. The smallest absolute Gasteiger partial charge is 0.279 e. The third-order valence-corrected chi connectivity index (χ3v) is 5.01. The molecule has 120 valence electrons. The van der Waals surface area contributed by atoms with E-state index in [-0.39, 0.29) is 5.91 Å². The van der Waals surface area contributed by atoms with Crippen molar-refractivity contribution < 1.29 is 9.69 Å². The zero-order valence-electron chi connectivity index (χ0n) is 13.6. The van der Waals surface area contributed by atoms with Crippen molar-refractivity contribution in [3.8, 4) is 0 Å². The average molecular weight is 302 g/mol. The van der Waals surface area contributed by atoms with Gasteiger partial charge in [-0.05, 0) is 55.9 Å². The molecular formula is C18H28N3O+. The second kappa shape index (κ2) is 7.14. The molecule has 2 heterocycles. The molecule has 0 bridgehead atoms. The zero-order chi connectivity index (χ0) is 15.4. The third-order valence-electron chi connectivity index (χ3n) is 5.01. The van der Waals surface area contributed by atoms with E-state index in [1.54, 1.807) is 0 Å². The average Bonchev–Trinajstić information content (AvgIpc) is 3.05. The van der Waals surface area contributed by atoms with Gasteiger partial charge in [-0.3, -0.25) is 4.79 Å². The van der Waals surface area contributed by atoms with Crippen LogP contribution in [-0.4, -0.2) is 38.6 Å². The summed E-state index contributed by atoms with van der Waals surface area (Å²) in [6, 6.07) is 8.30. The molecule has 1 amide bonds. The van der Waals surface area contributed by atoms with Crippen molar-refractivity contribution >= 4 is 17.3 Å². The molecule has 1 aromatic rings. The monoisotopic (exact) mass is 302 g/mol. The maximum atomic E-state index is 12.2. The molecule has 3 rings (SSSR count). The van der Waals surface area contributed by atoms with Gasteiger partial charge < -0.3 is 15.1 Å². The maximum absolute atomic E-state index is 12.2. The molecule has 4 nitrogen and oxygen atoms in total. The van der Waals surface area contributed by atoms with Gasteiger partial charge in [0.15, 0.2) is 6.54 Å². The molecule has 1 aromatic carbocycles. The van der Waals surface area contributed by atoms with E-state index < -0.39 is 0 Å². The van der Waals surface area contributed by atoms with Crippen LogP contribution < -0.4 is 15.1 Å². The van der Waals surface area contributed by atoms with E-state index in [1.807, 2.05) is 12.1 Å². The van der Waals surface area contributed by atoms with Crippen LogP contribution in [0, 0.1) is 5.92 Å². The number of nitrogens with zero attached hydrogens (tertiary/aromatic N) is 1. The minimum absolute atomic E-state index is 0.137. The first-order valence-corrected chi connectivity index (χ1v) is 8.69. The fourth-order valence-electron chi connectivity index (χ4n) is 3.51. The Balaban J connectivity index is 1.48. The van der Waals surface area contributed by atoms with E-state index in [4.69, 9.17) is 0 Å². The zero-order valence-corrected chi connectivity index (χ0v) is 13.6. The van der Waals surface area contributed by atoms with E-state index in [2.05, 4.69) is 29.3 Å². The molecule has 2 aliphatic heterocycles. The summed E-state index contributed by atoms with van der Waals surface area (Å²) in [5.74, 6) is 0.961. The summed E-state index contributed by atoms with van der Waals surface area (Å²) in [6.45, 7) is 7.47. The first kappa shape index (κ1) is 15.3.